The number of nitrogens with one attached hydrogen (secondary N) is 2. The third kappa shape index (κ3) is 3.03. The summed E-state index contributed by atoms with van der Waals surface area (Å²) in [5.74, 6) is -0.135. The van der Waals surface area contributed by atoms with Crippen LogP contribution in [0.4, 0.5) is 10.1 Å². The fourth-order valence-electron chi connectivity index (χ4n) is 3.62. The van der Waals surface area contributed by atoms with E-state index in [4.69, 9.17) is 0 Å². The number of fused-ring (bicyclic) bond motifs is 1. The van der Waals surface area contributed by atoms with Crippen molar-refractivity contribution in [1.82, 2.24) is 14.9 Å². The van der Waals surface area contributed by atoms with Gasteiger partial charge in [0, 0.05) is 54.0 Å². The lowest BCUT2D eigenvalue weighted by atomic mass is 10.0. The summed E-state index contributed by atoms with van der Waals surface area (Å²) in [7, 11) is 1.89. The molecular weight excluding hydrogens is 331 g/mol. The zero-order valence-corrected chi connectivity index (χ0v) is 14.8. The summed E-state index contributed by atoms with van der Waals surface area (Å²) in [6, 6.07) is 10.3. The minimum atomic E-state index is -0.314. The predicted octanol–water partition coefficient (Wildman–Crippen LogP) is 3.68. The lowest BCUT2D eigenvalue weighted by Crippen LogP contribution is -2.28. The van der Waals surface area contributed by atoms with Gasteiger partial charge in [-0.25, -0.2) is 4.39 Å². The highest BCUT2D eigenvalue weighted by atomic mass is 19.1. The maximum absolute atomic E-state index is 13.4. The van der Waals surface area contributed by atoms with Crippen LogP contribution in [0.2, 0.25) is 0 Å². The Morgan fingerprint density at radius 2 is 2.15 bits per heavy atom. The molecule has 3 heterocycles. The normalized spacial score (nSPS) is 17.0. The van der Waals surface area contributed by atoms with Crippen LogP contribution in [0.1, 0.15) is 34.2 Å². The van der Waals surface area contributed by atoms with E-state index in [2.05, 4.69) is 21.4 Å². The molecule has 3 aromatic rings. The molecule has 0 radical (unpaired) electrons. The number of aryl methyl sites for hydroxylation is 1. The first-order valence-corrected chi connectivity index (χ1v) is 8.77. The Morgan fingerprint density at radius 1 is 1.31 bits per heavy atom. The molecule has 2 N–H and O–H groups in total. The summed E-state index contributed by atoms with van der Waals surface area (Å²) in [4.78, 5) is 22.4. The molecule has 6 heteroatoms. The molecule has 0 unspecified atom stereocenters. The molecule has 2 aromatic heterocycles. The molecule has 0 spiro atoms. The standard InChI is InChI=1S/C20H21FN4O/c1-12-7-16(22-2)10-18(23-12)14-5-6-25(11-14)20(26)19-8-13-3-4-15(21)9-17(13)24-19/h3-4,7-10,14,24H,5-6,11H2,1-2H3,(H,22,23)/t14-/m1/s1. The van der Waals surface area contributed by atoms with Gasteiger partial charge in [-0.2, -0.15) is 0 Å². The van der Waals surface area contributed by atoms with Gasteiger partial charge in [0.2, 0.25) is 0 Å². The first-order chi connectivity index (χ1) is 12.5. The van der Waals surface area contributed by atoms with E-state index >= 15 is 0 Å². The van der Waals surface area contributed by atoms with E-state index in [1.54, 1.807) is 12.1 Å². The maximum atomic E-state index is 13.4. The highest BCUT2D eigenvalue weighted by molar-refractivity contribution is 5.98. The van der Waals surface area contributed by atoms with Crippen molar-refractivity contribution >= 4 is 22.5 Å². The van der Waals surface area contributed by atoms with Gasteiger partial charge < -0.3 is 15.2 Å². The third-order valence-corrected chi connectivity index (χ3v) is 4.97. The molecule has 4 rings (SSSR count). The number of amides is 1. The van der Waals surface area contributed by atoms with Gasteiger partial charge in [0.1, 0.15) is 11.5 Å². The molecule has 0 saturated carbocycles. The van der Waals surface area contributed by atoms with Crippen LogP contribution in [0.15, 0.2) is 36.4 Å². The van der Waals surface area contributed by atoms with E-state index in [0.717, 1.165) is 28.9 Å². The molecule has 1 atom stereocenters. The van der Waals surface area contributed by atoms with Crippen molar-refractivity contribution in [2.24, 2.45) is 0 Å². The fraction of sp³-hybridized carbons (Fsp3) is 0.300. The molecule has 1 aliphatic rings. The number of carbonyl (C=O) groups excluding carboxylic acids is 1. The van der Waals surface area contributed by atoms with Crippen molar-refractivity contribution in [3.63, 3.8) is 0 Å². The van der Waals surface area contributed by atoms with Crippen molar-refractivity contribution in [2.75, 3.05) is 25.5 Å². The second-order valence-electron chi connectivity index (χ2n) is 6.82. The number of anilines is 1. The third-order valence-electron chi connectivity index (χ3n) is 4.97. The first-order valence-electron chi connectivity index (χ1n) is 8.77. The van der Waals surface area contributed by atoms with Crippen molar-refractivity contribution in [2.45, 2.75) is 19.3 Å². The molecular formula is C20H21FN4O. The van der Waals surface area contributed by atoms with Crippen molar-refractivity contribution < 1.29 is 9.18 Å². The summed E-state index contributed by atoms with van der Waals surface area (Å²) in [5, 5.41) is 3.99. The van der Waals surface area contributed by atoms with Crippen LogP contribution in [0.3, 0.4) is 0 Å². The lowest BCUT2D eigenvalue weighted by Gasteiger charge is -2.16. The molecule has 1 aromatic carbocycles. The number of carbonyl (C=O) groups is 1. The number of benzene rings is 1. The number of nitrogens with zero attached hydrogens (tertiary/aromatic N) is 2. The summed E-state index contributed by atoms with van der Waals surface area (Å²) < 4.78 is 13.4. The minimum absolute atomic E-state index is 0.0504. The Hall–Kier alpha value is -2.89. The number of halogens is 1. The highest BCUT2D eigenvalue weighted by Crippen LogP contribution is 2.29. The number of likely N-dealkylation sites (tertiary alicyclic amines) is 1. The van der Waals surface area contributed by atoms with Crippen LogP contribution in [0.25, 0.3) is 10.9 Å². The van der Waals surface area contributed by atoms with Gasteiger partial charge in [-0.1, -0.05) is 0 Å². The van der Waals surface area contributed by atoms with Gasteiger partial charge in [0.15, 0.2) is 0 Å². The Bertz CT molecular complexity index is 981. The number of aromatic nitrogens is 2. The quantitative estimate of drug-likeness (QED) is 0.756. The summed E-state index contributed by atoms with van der Waals surface area (Å²) in [6.45, 7) is 3.31. The number of rotatable bonds is 3. The molecule has 0 aliphatic carbocycles. The van der Waals surface area contributed by atoms with Gasteiger partial charge in [0.25, 0.3) is 5.91 Å². The van der Waals surface area contributed by atoms with Gasteiger partial charge in [-0.3, -0.25) is 9.78 Å². The van der Waals surface area contributed by atoms with E-state index in [1.807, 2.05) is 24.9 Å². The highest BCUT2D eigenvalue weighted by Gasteiger charge is 2.29. The first kappa shape index (κ1) is 16.6. The largest absolute Gasteiger partial charge is 0.388 e. The van der Waals surface area contributed by atoms with E-state index in [1.165, 1.54) is 12.1 Å². The zero-order valence-electron chi connectivity index (χ0n) is 14.8. The summed E-state index contributed by atoms with van der Waals surface area (Å²) in [6.07, 6.45) is 0.889. The van der Waals surface area contributed by atoms with Crippen LogP contribution >= 0.6 is 0 Å². The van der Waals surface area contributed by atoms with Crippen LogP contribution in [-0.2, 0) is 0 Å². The minimum Gasteiger partial charge on any atom is -0.388 e. The number of aromatic amines is 1. The summed E-state index contributed by atoms with van der Waals surface area (Å²) >= 11 is 0. The Labute approximate surface area is 151 Å². The average Bonchev–Trinajstić information content (AvgIpc) is 3.27. The van der Waals surface area contributed by atoms with Crippen LogP contribution in [0, 0.1) is 12.7 Å². The molecule has 1 saturated heterocycles. The Balaban J connectivity index is 1.54. The fourth-order valence-corrected chi connectivity index (χ4v) is 3.62. The molecule has 134 valence electrons. The van der Waals surface area contributed by atoms with Crippen molar-refractivity contribution in [3.05, 3.63) is 59.3 Å². The molecule has 1 amide bonds. The van der Waals surface area contributed by atoms with Gasteiger partial charge in [0.05, 0.1) is 0 Å². The van der Waals surface area contributed by atoms with Crippen molar-refractivity contribution in [3.8, 4) is 0 Å². The Morgan fingerprint density at radius 3 is 2.96 bits per heavy atom. The zero-order chi connectivity index (χ0) is 18.3. The number of H-pyrrole nitrogens is 1. The topological polar surface area (TPSA) is 61.0 Å². The number of hydrogen-bond donors (Lipinski definition) is 2. The second kappa shape index (κ2) is 6.44. The van der Waals surface area contributed by atoms with E-state index in [0.29, 0.717) is 24.3 Å². The Kier molecular flexibility index (Phi) is 4.11. The van der Waals surface area contributed by atoms with Crippen LogP contribution in [-0.4, -0.2) is 40.9 Å². The van der Waals surface area contributed by atoms with E-state index < -0.39 is 0 Å². The second-order valence-corrected chi connectivity index (χ2v) is 6.82. The maximum Gasteiger partial charge on any atom is 0.270 e. The van der Waals surface area contributed by atoms with E-state index in [-0.39, 0.29) is 17.6 Å². The predicted molar refractivity (Wildman–Crippen MR) is 100 cm³/mol. The van der Waals surface area contributed by atoms with Crippen LogP contribution < -0.4 is 5.32 Å². The number of pyridine rings is 1. The SMILES string of the molecule is CNc1cc(C)nc([C@@H]2CCN(C(=O)c3cc4ccc(F)cc4[nH]3)C2)c1. The van der Waals surface area contributed by atoms with Gasteiger partial charge in [-0.15, -0.1) is 0 Å². The van der Waals surface area contributed by atoms with Crippen LogP contribution in [0.5, 0.6) is 0 Å². The van der Waals surface area contributed by atoms with Gasteiger partial charge in [-0.05, 0) is 49.7 Å². The molecule has 1 fully saturated rings. The molecule has 5 nitrogen and oxygen atoms in total. The number of hydrogen-bond acceptors (Lipinski definition) is 3. The summed E-state index contributed by atoms with van der Waals surface area (Å²) in [5.41, 5.74) is 4.16. The van der Waals surface area contributed by atoms with Gasteiger partial charge >= 0.3 is 0 Å². The molecule has 1 aliphatic heterocycles. The molecule has 26 heavy (non-hydrogen) atoms. The molecule has 0 bridgehead atoms. The van der Waals surface area contributed by atoms with Crippen molar-refractivity contribution in [1.29, 1.82) is 0 Å². The van der Waals surface area contributed by atoms with E-state index in [9.17, 15) is 9.18 Å². The monoisotopic (exact) mass is 352 g/mol. The lowest BCUT2D eigenvalue weighted by molar-refractivity contribution is 0.0786. The average molecular weight is 352 g/mol. The smallest absolute Gasteiger partial charge is 0.270 e.